The van der Waals surface area contributed by atoms with Gasteiger partial charge in [0.25, 0.3) is 0 Å². The predicted octanol–water partition coefficient (Wildman–Crippen LogP) is 1.78. The van der Waals surface area contributed by atoms with Crippen LogP contribution < -0.4 is 4.90 Å². The summed E-state index contributed by atoms with van der Waals surface area (Å²) in [6.45, 7) is 7.35. The Morgan fingerprint density at radius 1 is 1.17 bits per heavy atom. The van der Waals surface area contributed by atoms with E-state index in [1.165, 1.54) is 16.8 Å². The number of piperazine rings is 1. The van der Waals surface area contributed by atoms with E-state index >= 15 is 0 Å². The number of anilines is 1. The first kappa shape index (κ1) is 17.3. The second-order valence-corrected chi connectivity index (χ2v) is 9.29. The average molecular weight is 350 g/mol. The monoisotopic (exact) mass is 350 g/mol. The van der Waals surface area contributed by atoms with Crippen molar-refractivity contribution in [3.63, 3.8) is 0 Å². The van der Waals surface area contributed by atoms with Gasteiger partial charge in [-0.15, -0.1) is 0 Å². The fourth-order valence-corrected chi connectivity index (χ4v) is 5.55. The zero-order chi connectivity index (χ0) is 17.3. The van der Waals surface area contributed by atoms with Crippen LogP contribution in [0.15, 0.2) is 18.2 Å². The summed E-state index contributed by atoms with van der Waals surface area (Å²) in [5.74, 6) is 0.546. The molecule has 2 saturated heterocycles. The average Bonchev–Trinajstić information content (AvgIpc) is 2.89. The Kier molecular flexibility index (Phi) is 4.85. The van der Waals surface area contributed by atoms with Gasteiger partial charge in [-0.2, -0.15) is 0 Å². The summed E-state index contributed by atoms with van der Waals surface area (Å²) in [5.41, 5.74) is 3.84. The summed E-state index contributed by atoms with van der Waals surface area (Å²) in [5, 5.41) is 0. The molecule has 1 aromatic rings. The SMILES string of the molecule is Cc1cccc(N2CCN(C(=O)C[C@@H]3CCS(=O)(=O)C3)CC2)c1C. The van der Waals surface area contributed by atoms with Crippen molar-refractivity contribution in [1.82, 2.24) is 4.90 Å². The normalized spacial score (nSPS) is 23.5. The molecule has 0 saturated carbocycles. The molecule has 3 rings (SSSR count). The minimum absolute atomic E-state index is 0.0135. The summed E-state index contributed by atoms with van der Waals surface area (Å²) >= 11 is 0. The molecule has 0 aliphatic carbocycles. The number of benzene rings is 1. The molecule has 6 heteroatoms. The van der Waals surface area contributed by atoms with E-state index in [2.05, 4.69) is 36.9 Å². The second kappa shape index (κ2) is 6.75. The van der Waals surface area contributed by atoms with Gasteiger partial charge < -0.3 is 9.80 Å². The fraction of sp³-hybridized carbons (Fsp3) is 0.611. The quantitative estimate of drug-likeness (QED) is 0.834. The van der Waals surface area contributed by atoms with Crippen LogP contribution in [0, 0.1) is 19.8 Å². The van der Waals surface area contributed by atoms with Crippen LogP contribution in [-0.2, 0) is 14.6 Å². The number of nitrogens with zero attached hydrogens (tertiary/aromatic N) is 2. The Balaban J connectivity index is 1.55. The molecule has 2 heterocycles. The molecule has 1 atom stereocenters. The zero-order valence-electron chi connectivity index (χ0n) is 14.5. The van der Waals surface area contributed by atoms with E-state index in [1.807, 2.05) is 4.90 Å². The van der Waals surface area contributed by atoms with Crippen LogP contribution in [0.1, 0.15) is 24.0 Å². The van der Waals surface area contributed by atoms with E-state index in [1.54, 1.807) is 0 Å². The van der Waals surface area contributed by atoms with E-state index in [9.17, 15) is 13.2 Å². The largest absolute Gasteiger partial charge is 0.368 e. The first-order chi connectivity index (χ1) is 11.4. The van der Waals surface area contributed by atoms with Gasteiger partial charge in [-0.1, -0.05) is 12.1 Å². The summed E-state index contributed by atoms with van der Waals surface area (Å²) in [6, 6.07) is 6.34. The predicted molar refractivity (Wildman–Crippen MR) is 96.1 cm³/mol. The molecule has 2 aliphatic rings. The lowest BCUT2D eigenvalue weighted by molar-refractivity contribution is -0.132. The Morgan fingerprint density at radius 3 is 2.50 bits per heavy atom. The van der Waals surface area contributed by atoms with Gasteiger partial charge in [0.15, 0.2) is 9.84 Å². The van der Waals surface area contributed by atoms with Gasteiger partial charge in [-0.3, -0.25) is 4.79 Å². The van der Waals surface area contributed by atoms with Gasteiger partial charge in [-0.05, 0) is 43.4 Å². The second-order valence-electron chi connectivity index (χ2n) is 7.06. The molecule has 0 bridgehead atoms. The number of aryl methyl sites for hydroxylation is 1. The van der Waals surface area contributed by atoms with Crippen molar-refractivity contribution in [3.8, 4) is 0 Å². The van der Waals surface area contributed by atoms with Crippen molar-refractivity contribution in [2.45, 2.75) is 26.7 Å². The van der Waals surface area contributed by atoms with Gasteiger partial charge in [0.2, 0.25) is 5.91 Å². The smallest absolute Gasteiger partial charge is 0.223 e. The van der Waals surface area contributed by atoms with Gasteiger partial charge in [0, 0.05) is 38.3 Å². The van der Waals surface area contributed by atoms with Crippen molar-refractivity contribution >= 4 is 21.4 Å². The molecule has 24 heavy (non-hydrogen) atoms. The van der Waals surface area contributed by atoms with Crippen molar-refractivity contribution in [2.24, 2.45) is 5.92 Å². The number of hydrogen-bond acceptors (Lipinski definition) is 4. The van der Waals surface area contributed by atoms with Gasteiger partial charge in [0.1, 0.15) is 0 Å². The van der Waals surface area contributed by atoms with E-state index in [0.717, 1.165) is 13.1 Å². The molecule has 0 N–H and O–H groups in total. The minimum Gasteiger partial charge on any atom is -0.368 e. The molecule has 2 fully saturated rings. The lowest BCUT2D eigenvalue weighted by Crippen LogP contribution is -2.49. The van der Waals surface area contributed by atoms with Gasteiger partial charge >= 0.3 is 0 Å². The third-order valence-corrected chi connectivity index (χ3v) is 7.18. The van der Waals surface area contributed by atoms with Crippen LogP contribution in [0.5, 0.6) is 0 Å². The van der Waals surface area contributed by atoms with Crippen LogP contribution in [0.3, 0.4) is 0 Å². The number of rotatable bonds is 3. The Labute approximate surface area is 144 Å². The van der Waals surface area contributed by atoms with Crippen LogP contribution >= 0.6 is 0 Å². The highest BCUT2D eigenvalue weighted by molar-refractivity contribution is 7.91. The van der Waals surface area contributed by atoms with E-state index in [0.29, 0.717) is 25.9 Å². The third kappa shape index (κ3) is 3.74. The molecule has 1 amide bonds. The first-order valence-corrected chi connectivity index (χ1v) is 10.5. The molecule has 0 radical (unpaired) electrons. The van der Waals surface area contributed by atoms with Crippen molar-refractivity contribution in [3.05, 3.63) is 29.3 Å². The summed E-state index contributed by atoms with van der Waals surface area (Å²) in [6.07, 6.45) is 1.01. The highest BCUT2D eigenvalue weighted by Crippen LogP contribution is 2.25. The van der Waals surface area contributed by atoms with Gasteiger partial charge in [-0.25, -0.2) is 8.42 Å². The lowest BCUT2D eigenvalue weighted by Gasteiger charge is -2.37. The molecular weight excluding hydrogens is 324 g/mol. The van der Waals surface area contributed by atoms with Crippen LogP contribution in [-0.4, -0.2) is 56.9 Å². The third-order valence-electron chi connectivity index (χ3n) is 5.34. The Hall–Kier alpha value is -1.56. The fourth-order valence-electron chi connectivity index (χ4n) is 3.68. The molecule has 1 aromatic carbocycles. The van der Waals surface area contributed by atoms with E-state index in [4.69, 9.17) is 0 Å². The Bertz CT molecular complexity index is 722. The number of sulfone groups is 1. The molecule has 0 aromatic heterocycles. The standard InChI is InChI=1S/C18H26N2O3S/c1-14-4-3-5-17(15(14)2)19-7-9-20(10-8-19)18(21)12-16-6-11-24(22,23)13-16/h3-5,16H,6-13H2,1-2H3/t16-/m0/s1. The zero-order valence-corrected chi connectivity index (χ0v) is 15.3. The minimum atomic E-state index is -2.90. The number of carbonyl (C=O) groups is 1. The number of hydrogen-bond donors (Lipinski definition) is 0. The summed E-state index contributed by atoms with van der Waals surface area (Å²) < 4.78 is 23.1. The molecule has 132 valence electrons. The molecule has 0 unspecified atom stereocenters. The van der Waals surface area contributed by atoms with Crippen molar-refractivity contribution in [2.75, 3.05) is 42.6 Å². The number of carbonyl (C=O) groups excluding carboxylic acids is 1. The van der Waals surface area contributed by atoms with Gasteiger partial charge in [0.05, 0.1) is 11.5 Å². The summed E-state index contributed by atoms with van der Waals surface area (Å²) in [7, 11) is -2.90. The Morgan fingerprint density at radius 2 is 1.88 bits per heavy atom. The van der Waals surface area contributed by atoms with E-state index in [-0.39, 0.29) is 23.3 Å². The maximum Gasteiger partial charge on any atom is 0.223 e. The molecular formula is C18H26N2O3S. The highest BCUT2D eigenvalue weighted by atomic mass is 32.2. The first-order valence-electron chi connectivity index (χ1n) is 8.65. The lowest BCUT2D eigenvalue weighted by atomic mass is 10.0. The van der Waals surface area contributed by atoms with Crippen molar-refractivity contribution in [1.29, 1.82) is 0 Å². The van der Waals surface area contributed by atoms with Crippen LogP contribution in [0.25, 0.3) is 0 Å². The molecule has 5 nitrogen and oxygen atoms in total. The van der Waals surface area contributed by atoms with Crippen molar-refractivity contribution < 1.29 is 13.2 Å². The van der Waals surface area contributed by atoms with Crippen LogP contribution in [0.4, 0.5) is 5.69 Å². The maximum absolute atomic E-state index is 12.4. The molecule has 0 spiro atoms. The highest BCUT2D eigenvalue weighted by Gasteiger charge is 2.31. The topological polar surface area (TPSA) is 57.7 Å². The maximum atomic E-state index is 12.4. The van der Waals surface area contributed by atoms with Crippen LogP contribution in [0.2, 0.25) is 0 Å². The number of amides is 1. The molecule has 2 aliphatic heterocycles. The van der Waals surface area contributed by atoms with E-state index < -0.39 is 9.84 Å². The summed E-state index contributed by atoms with van der Waals surface area (Å²) in [4.78, 5) is 16.7.